The molecule has 4 heteroatoms. The van der Waals surface area contributed by atoms with Crippen LogP contribution < -0.4 is 10.2 Å². The second-order valence-corrected chi connectivity index (χ2v) is 3.42. The molecule has 14 heavy (non-hydrogen) atoms. The van der Waals surface area contributed by atoms with Gasteiger partial charge in [0.1, 0.15) is 5.75 Å². The van der Waals surface area contributed by atoms with Crippen LogP contribution in [0.25, 0.3) is 0 Å². The fourth-order valence-electron chi connectivity index (χ4n) is 1.60. The molecule has 0 radical (unpaired) electrons. The zero-order chi connectivity index (χ0) is 9.80. The molecule has 1 saturated heterocycles. The van der Waals surface area contributed by atoms with E-state index in [0.29, 0.717) is 0 Å². The molecule has 4 nitrogen and oxygen atoms in total. The van der Waals surface area contributed by atoms with Crippen LogP contribution >= 0.6 is 0 Å². The summed E-state index contributed by atoms with van der Waals surface area (Å²) >= 11 is 0. The van der Waals surface area contributed by atoms with Gasteiger partial charge in [-0.3, -0.25) is 4.98 Å². The first-order chi connectivity index (χ1) is 6.88. The third kappa shape index (κ3) is 2.14. The number of pyridine rings is 1. The van der Waals surface area contributed by atoms with Gasteiger partial charge in [-0.05, 0) is 12.8 Å². The maximum absolute atomic E-state index is 5.10. The summed E-state index contributed by atoms with van der Waals surface area (Å²) in [6.07, 6.45) is 6.05. The number of nitrogens with one attached hydrogen (secondary N) is 1. The Morgan fingerprint density at radius 2 is 2.14 bits per heavy atom. The molecule has 1 N–H and O–H groups in total. The van der Waals surface area contributed by atoms with Crippen LogP contribution in [0.3, 0.4) is 0 Å². The van der Waals surface area contributed by atoms with E-state index in [4.69, 9.17) is 4.74 Å². The highest BCUT2D eigenvalue weighted by molar-refractivity contribution is 5.44. The van der Waals surface area contributed by atoms with E-state index < -0.39 is 0 Å². The summed E-state index contributed by atoms with van der Waals surface area (Å²) in [6, 6.07) is 1.95. The van der Waals surface area contributed by atoms with Crippen molar-refractivity contribution in [3.05, 3.63) is 18.5 Å². The lowest BCUT2D eigenvalue weighted by atomic mass is 10.4. The first-order valence-corrected chi connectivity index (χ1v) is 4.89. The molecule has 1 aliphatic rings. The molecule has 76 valence electrons. The lowest BCUT2D eigenvalue weighted by Crippen LogP contribution is -2.26. The molecule has 1 fully saturated rings. The van der Waals surface area contributed by atoms with Gasteiger partial charge < -0.3 is 10.2 Å². The van der Waals surface area contributed by atoms with Crippen LogP contribution in [-0.2, 0) is 0 Å². The van der Waals surface area contributed by atoms with Crippen molar-refractivity contribution in [2.45, 2.75) is 12.8 Å². The molecule has 0 aliphatic carbocycles. The van der Waals surface area contributed by atoms with Crippen LogP contribution in [0.15, 0.2) is 18.5 Å². The number of nitrogens with zero attached hydrogens (tertiary/aromatic N) is 2. The number of rotatable bonds is 3. The number of methoxy groups -OCH3 is 1. The van der Waals surface area contributed by atoms with E-state index in [9.17, 15) is 0 Å². The van der Waals surface area contributed by atoms with Gasteiger partial charge in [0.05, 0.1) is 25.2 Å². The minimum absolute atomic E-state index is 0.786. The zero-order valence-corrected chi connectivity index (χ0v) is 8.36. The van der Waals surface area contributed by atoms with E-state index in [1.807, 2.05) is 6.07 Å². The van der Waals surface area contributed by atoms with Crippen LogP contribution in [0.1, 0.15) is 12.8 Å². The molecule has 0 amide bonds. The van der Waals surface area contributed by atoms with Crippen molar-refractivity contribution >= 4 is 5.69 Å². The van der Waals surface area contributed by atoms with Crippen LogP contribution in [0.5, 0.6) is 5.75 Å². The average Bonchev–Trinajstić information content (AvgIpc) is 2.71. The standard InChI is InChI=1S/C10H15N3O/c1-14-10-6-9(7-11-8-10)12-13-4-2-3-5-13/h6-8,12H,2-5H2,1H3. The van der Waals surface area contributed by atoms with Gasteiger partial charge in [0, 0.05) is 19.2 Å². The van der Waals surface area contributed by atoms with Gasteiger partial charge >= 0.3 is 0 Å². The molecule has 2 heterocycles. The minimum Gasteiger partial charge on any atom is -0.495 e. The summed E-state index contributed by atoms with van der Waals surface area (Å²) in [5.41, 5.74) is 4.30. The normalized spacial score (nSPS) is 16.9. The summed E-state index contributed by atoms with van der Waals surface area (Å²) in [5.74, 6) is 0.786. The highest BCUT2D eigenvalue weighted by Gasteiger charge is 2.10. The van der Waals surface area contributed by atoms with Gasteiger partial charge in [-0.15, -0.1) is 0 Å². The number of ether oxygens (including phenoxy) is 1. The molecular weight excluding hydrogens is 178 g/mol. The first kappa shape index (κ1) is 9.27. The molecule has 1 aliphatic heterocycles. The molecule has 2 rings (SSSR count). The Morgan fingerprint density at radius 1 is 1.36 bits per heavy atom. The lowest BCUT2D eigenvalue weighted by molar-refractivity contribution is 0.403. The van der Waals surface area contributed by atoms with E-state index in [0.717, 1.165) is 24.5 Å². The number of anilines is 1. The van der Waals surface area contributed by atoms with Crippen LogP contribution in [0, 0.1) is 0 Å². The number of hydrogen-bond acceptors (Lipinski definition) is 4. The quantitative estimate of drug-likeness (QED) is 0.789. The summed E-state index contributed by atoms with van der Waals surface area (Å²) in [6.45, 7) is 2.22. The van der Waals surface area contributed by atoms with Crippen molar-refractivity contribution < 1.29 is 4.74 Å². The van der Waals surface area contributed by atoms with Gasteiger partial charge in [0.25, 0.3) is 0 Å². The van der Waals surface area contributed by atoms with Crippen molar-refractivity contribution in [3.8, 4) is 5.75 Å². The van der Waals surface area contributed by atoms with E-state index in [1.54, 1.807) is 19.5 Å². The van der Waals surface area contributed by atoms with Crippen LogP contribution in [0.2, 0.25) is 0 Å². The maximum atomic E-state index is 5.10. The second-order valence-electron chi connectivity index (χ2n) is 3.42. The molecule has 1 aromatic rings. The summed E-state index contributed by atoms with van der Waals surface area (Å²) < 4.78 is 5.10. The largest absolute Gasteiger partial charge is 0.495 e. The molecule has 0 bridgehead atoms. The predicted molar refractivity (Wildman–Crippen MR) is 55.2 cm³/mol. The predicted octanol–water partition coefficient (Wildman–Crippen LogP) is 1.51. The van der Waals surface area contributed by atoms with Crippen molar-refractivity contribution in [2.24, 2.45) is 0 Å². The van der Waals surface area contributed by atoms with Crippen LogP contribution in [-0.4, -0.2) is 30.2 Å². The monoisotopic (exact) mass is 193 g/mol. The van der Waals surface area contributed by atoms with Gasteiger partial charge in [0.15, 0.2) is 0 Å². The van der Waals surface area contributed by atoms with E-state index >= 15 is 0 Å². The fraction of sp³-hybridized carbons (Fsp3) is 0.500. The molecule has 0 aromatic carbocycles. The Labute approximate surface area is 83.9 Å². The first-order valence-electron chi connectivity index (χ1n) is 4.89. The smallest absolute Gasteiger partial charge is 0.139 e. The van der Waals surface area contributed by atoms with E-state index in [2.05, 4.69) is 15.4 Å². The van der Waals surface area contributed by atoms with Crippen molar-refractivity contribution in [3.63, 3.8) is 0 Å². The van der Waals surface area contributed by atoms with Gasteiger partial charge in [-0.1, -0.05) is 0 Å². The van der Waals surface area contributed by atoms with Crippen molar-refractivity contribution in [1.29, 1.82) is 0 Å². The van der Waals surface area contributed by atoms with Gasteiger partial charge in [-0.25, -0.2) is 5.01 Å². The zero-order valence-electron chi connectivity index (χ0n) is 8.36. The Balaban J connectivity index is 2.00. The minimum atomic E-state index is 0.786. The Bertz CT molecular complexity index is 297. The SMILES string of the molecule is COc1cncc(NN2CCCC2)c1. The average molecular weight is 193 g/mol. The molecule has 0 saturated carbocycles. The molecule has 0 unspecified atom stereocenters. The third-order valence-corrected chi connectivity index (χ3v) is 2.34. The van der Waals surface area contributed by atoms with Crippen molar-refractivity contribution in [1.82, 2.24) is 9.99 Å². The third-order valence-electron chi connectivity index (χ3n) is 2.34. The van der Waals surface area contributed by atoms with Gasteiger partial charge in [-0.2, -0.15) is 0 Å². The Hall–Kier alpha value is -1.29. The highest BCUT2D eigenvalue weighted by Crippen LogP contribution is 2.16. The van der Waals surface area contributed by atoms with Gasteiger partial charge in [0.2, 0.25) is 0 Å². The number of hydrogen-bond donors (Lipinski definition) is 1. The Morgan fingerprint density at radius 3 is 2.86 bits per heavy atom. The number of hydrazine groups is 1. The maximum Gasteiger partial charge on any atom is 0.139 e. The summed E-state index contributed by atoms with van der Waals surface area (Å²) in [7, 11) is 1.65. The Kier molecular flexibility index (Phi) is 2.84. The van der Waals surface area contributed by atoms with E-state index in [-0.39, 0.29) is 0 Å². The summed E-state index contributed by atoms with van der Waals surface area (Å²) in [5, 5.41) is 2.20. The molecule has 0 spiro atoms. The number of aromatic nitrogens is 1. The second kappa shape index (κ2) is 4.28. The van der Waals surface area contributed by atoms with Crippen LogP contribution in [0.4, 0.5) is 5.69 Å². The topological polar surface area (TPSA) is 37.4 Å². The van der Waals surface area contributed by atoms with Crippen molar-refractivity contribution in [2.75, 3.05) is 25.6 Å². The van der Waals surface area contributed by atoms with E-state index in [1.165, 1.54) is 12.8 Å². The molecule has 0 atom stereocenters. The summed E-state index contributed by atoms with van der Waals surface area (Å²) in [4.78, 5) is 4.08. The lowest BCUT2D eigenvalue weighted by Gasteiger charge is -2.17. The highest BCUT2D eigenvalue weighted by atomic mass is 16.5. The fourth-order valence-corrected chi connectivity index (χ4v) is 1.60. The molecule has 1 aromatic heterocycles. The molecular formula is C10H15N3O.